The van der Waals surface area contributed by atoms with Gasteiger partial charge in [-0.3, -0.25) is 24.4 Å². The highest BCUT2D eigenvalue weighted by Gasteiger charge is 2.33. The molecule has 1 rings (SSSR count). The molecule has 0 aromatic heterocycles. The lowest BCUT2D eigenvalue weighted by molar-refractivity contribution is -0.159. The van der Waals surface area contributed by atoms with Gasteiger partial charge in [0.1, 0.15) is 18.2 Å². The highest BCUT2D eigenvalue weighted by molar-refractivity contribution is 5.92. The molecule has 166 valence electrons. The number of likely N-dealkylation sites (tertiary alicyclic amines) is 1. The van der Waals surface area contributed by atoms with Gasteiger partial charge in [0.25, 0.3) is 0 Å². The highest BCUT2D eigenvalue weighted by atomic mass is 16.6. The van der Waals surface area contributed by atoms with Gasteiger partial charge in [0.15, 0.2) is 0 Å². The van der Waals surface area contributed by atoms with Gasteiger partial charge in [-0.2, -0.15) is 0 Å². The van der Waals surface area contributed by atoms with Crippen molar-refractivity contribution in [2.45, 2.75) is 78.4 Å². The maximum absolute atomic E-state index is 12.9. The molecule has 1 fully saturated rings. The van der Waals surface area contributed by atoms with Crippen LogP contribution in [0.15, 0.2) is 0 Å². The molecule has 1 heterocycles. The molecule has 0 radical (unpaired) electrons. The van der Waals surface area contributed by atoms with E-state index in [0.717, 1.165) is 12.8 Å². The fraction of sp³-hybridized carbons (Fsp3) is 0.800. The predicted octanol–water partition coefficient (Wildman–Crippen LogP) is 1.38. The number of hydroxylamine groups is 1. The van der Waals surface area contributed by atoms with Crippen LogP contribution in [0.5, 0.6) is 0 Å². The van der Waals surface area contributed by atoms with Crippen molar-refractivity contribution in [3.05, 3.63) is 0 Å². The first-order valence-corrected chi connectivity index (χ1v) is 10.2. The predicted molar refractivity (Wildman–Crippen MR) is 106 cm³/mol. The lowest BCUT2D eigenvalue weighted by atomic mass is 9.92. The number of esters is 1. The van der Waals surface area contributed by atoms with Crippen molar-refractivity contribution in [1.29, 1.82) is 0 Å². The molecule has 0 spiro atoms. The van der Waals surface area contributed by atoms with E-state index in [0.29, 0.717) is 19.4 Å². The topological polar surface area (TPSA) is 125 Å². The SMILES string of the molecule is CC(C)C[C@H](CC(=O)NO)C(=O)N[C@H]1CCCCN(CC(=O)OC(C)(C)C)C1=O. The Balaban J connectivity index is 2.81. The molecule has 0 bridgehead atoms. The number of carbonyl (C=O) groups is 4. The molecule has 0 saturated carbocycles. The molecule has 0 aromatic rings. The van der Waals surface area contributed by atoms with E-state index in [4.69, 9.17) is 9.94 Å². The Kier molecular flexibility index (Phi) is 9.55. The molecule has 1 aliphatic rings. The Morgan fingerprint density at radius 3 is 2.45 bits per heavy atom. The Morgan fingerprint density at radius 1 is 1.24 bits per heavy atom. The van der Waals surface area contributed by atoms with Crippen LogP contribution in [0.4, 0.5) is 0 Å². The molecule has 1 aliphatic heterocycles. The minimum Gasteiger partial charge on any atom is -0.459 e. The van der Waals surface area contributed by atoms with E-state index in [9.17, 15) is 19.2 Å². The minimum atomic E-state index is -0.751. The summed E-state index contributed by atoms with van der Waals surface area (Å²) in [7, 11) is 0. The monoisotopic (exact) mass is 413 g/mol. The fourth-order valence-corrected chi connectivity index (χ4v) is 3.34. The number of carbonyl (C=O) groups excluding carboxylic acids is 4. The van der Waals surface area contributed by atoms with E-state index in [1.165, 1.54) is 4.90 Å². The van der Waals surface area contributed by atoms with E-state index in [-0.39, 0.29) is 24.8 Å². The van der Waals surface area contributed by atoms with Crippen LogP contribution in [0.1, 0.15) is 66.7 Å². The summed E-state index contributed by atoms with van der Waals surface area (Å²) in [5.41, 5.74) is 0.906. The van der Waals surface area contributed by atoms with Crippen molar-refractivity contribution in [3.8, 4) is 0 Å². The normalized spacial score (nSPS) is 18.8. The molecule has 0 aliphatic carbocycles. The summed E-state index contributed by atoms with van der Waals surface area (Å²) in [5.74, 6) is -2.36. The maximum Gasteiger partial charge on any atom is 0.326 e. The molecule has 2 atom stereocenters. The number of hydrogen-bond acceptors (Lipinski definition) is 6. The maximum atomic E-state index is 12.9. The first-order valence-electron chi connectivity index (χ1n) is 10.2. The Bertz CT molecular complexity index is 600. The number of ether oxygens (including phenoxy) is 1. The second-order valence-electron chi connectivity index (χ2n) is 8.97. The largest absolute Gasteiger partial charge is 0.459 e. The summed E-state index contributed by atoms with van der Waals surface area (Å²) in [6.07, 6.45) is 2.21. The third-order valence-electron chi connectivity index (χ3n) is 4.52. The first kappa shape index (κ1) is 24.9. The zero-order chi connectivity index (χ0) is 22.2. The quantitative estimate of drug-likeness (QED) is 0.314. The van der Waals surface area contributed by atoms with Crippen LogP contribution in [-0.4, -0.2) is 58.5 Å². The molecule has 0 unspecified atom stereocenters. The summed E-state index contributed by atoms with van der Waals surface area (Å²) >= 11 is 0. The Morgan fingerprint density at radius 2 is 1.90 bits per heavy atom. The molecule has 3 amide bonds. The third kappa shape index (κ3) is 9.25. The van der Waals surface area contributed by atoms with Crippen LogP contribution < -0.4 is 10.8 Å². The van der Waals surface area contributed by atoms with Crippen molar-refractivity contribution in [1.82, 2.24) is 15.7 Å². The molecular formula is C20H35N3O6. The van der Waals surface area contributed by atoms with Crippen molar-refractivity contribution in [2.75, 3.05) is 13.1 Å². The van der Waals surface area contributed by atoms with E-state index < -0.39 is 35.3 Å². The number of nitrogens with one attached hydrogen (secondary N) is 2. The van der Waals surface area contributed by atoms with Gasteiger partial charge in [0, 0.05) is 18.9 Å². The van der Waals surface area contributed by atoms with E-state index in [1.807, 2.05) is 13.8 Å². The number of hydrogen-bond donors (Lipinski definition) is 3. The fourth-order valence-electron chi connectivity index (χ4n) is 3.34. The second-order valence-corrected chi connectivity index (χ2v) is 8.97. The van der Waals surface area contributed by atoms with E-state index in [2.05, 4.69) is 5.32 Å². The standard InChI is InChI=1S/C20H35N3O6/c1-13(2)10-14(11-16(24)22-28)18(26)21-15-8-6-7-9-23(19(15)27)12-17(25)29-20(3,4)5/h13-15,28H,6-12H2,1-5H3,(H,21,26)(H,22,24)/t14-,15+/m1/s1. The van der Waals surface area contributed by atoms with E-state index in [1.54, 1.807) is 26.3 Å². The van der Waals surface area contributed by atoms with Crippen LogP contribution >= 0.6 is 0 Å². The Labute approximate surface area is 172 Å². The molecule has 29 heavy (non-hydrogen) atoms. The van der Waals surface area contributed by atoms with Crippen LogP contribution in [0.3, 0.4) is 0 Å². The molecular weight excluding hydrogens is 378 g/mol. The second kappa shape index (κ2) is 11.1. The van der Waals surface area contributed by atoms with Crippen LogP contribution in [0.2, 0.25) is 0 Å². The van der Waals surface area contributed by atoms with Crippen molar-refractivity contribution in [3.63, 3.8) is 0 Å². The zero-order valence-corrected chi connectivity index (χ0v) is 18.1. The van der Waals surface area contributed by atoms with Gasteiger partial charge < -0.3 is 15.0 Å². The third-order valence-corrected chi connectivity index (χ3v) is 4.52. The summed E-state index contributed by atoms with van der Waals surface area (Å²) in [6, 6.07) is -0.751. The highest BCUT2D eigenvalue weighted by Crippen LogP contribution is 2.18. The lowest BCUT2D eigenvalue weighted by Gasteiger charge is -2.27. The molecule has 1 saturated heterocycles. The van der Waals surface area contributed by atoms with E-state index >= 15 is 0 Å². The summed E-state index contributed by atoms with van der Waals surface area (Å²) in [4.78, 5) is 50.7. The van der Waals surface area contributed by atoms with Gasteiger partial charge in [-0.05, 0) is 52.4 Å². The summed E-state index contributed by atoms with van der Waals surface area (Å²) in [5, 5.41) is 11.5. The average molecular weight is 414 g/mol. The average Bonchev–Trinajstić information content (AvgIpc) is 2.75. The van der Waals surface area contributed by atoms with Gasteiger partial charge in [0.2, 0.25) is 17.7 Å². The first-order chi connectivity index (χ1) is 13.4. The van der Waals surface area contributed by atoms with Crippen LogP contribution in [-0.2, 0) is 23.9 Å². The lowest BCUT2D eigenvalue weighted by Crippen LogP contribution is -2.51. The van der Waals surface area contributed by atoms with Crippen LogP contribution in [0, 0.1) is 11.8 Å². The molecule has 9 nitrogen and oxygen atoms in total. The number of nitrogens with zero attached hydrogens (tertiary/aromatic N) is 1. The molecule has 0 aromatic carbocycles. The van der Waals surface area contributed by atoms with Gasteiger partial charge in [-0.25, -0.2) is 5.48 Å². The number of amides is 3. The summed E-state index contributed by atoms with van der Waals surface area (Å²) < 4.78 is 5.30. The van der Waals surface area contributed by atoms with Gasteiger partial charge >= 0.3 is 5.97 Å². The number of rotatable bonds is 8. The van der Waals surface area contributed by atoms with Crippen molar-refractivity contribution >= 4 is 23.7 Å². The van der Waals surface area contributed by atoms with Crippen molar-refractivity contribution < 1.29 is 29.1 Å². The van der Waals surface area contributed by atoms with Crippen LogP contribution in [0.25, 0.3) is 0 Å². The van der Waals surface area contributed by atoms with Gasteiger partial charge in [-0.1, -0.05) is 13.8 Å². The van der Waals surface area contributed by atoms with Gasteiger partial charge in [-0.15, -0.1) is 0 Å². The Hall–Kier alpha value is -2.16. The molecule has 9 heteroatoms. The zero-order valence-electron chi connectivity index (χ0n) is 18.1. The van der Waals surface area contributed by atoms with Gasteiger partial charge in [0.05, 0.1) is 0 Å². The molecule has 3 N–H and O–H groups in total. The minimum absolute atomic E-state index is 0.158. The smallest absolute Gasteiger partial charge is 0.326 e. The van der Waals surface area contributed by atoms with Crippen molar-refractivity contribution in [2.24, 2.45) is 11.8 Å². The summed E-state index contributed by atoms with van der Waals surface area (Å²) in [6.45, 7) is 9.39.